The first kappa shape index (κ1) is 26.7. The van der Waals surface area contributed by atoms with Crippen molar-refractivity contribution in [2.45, 2.75) is 25.9 Å². The zero-order valence-electron chi connectivity index (χ0n) is 20.8. The number of nitro benzene ring substituents is 1. The first-order valence-corrected chi connectivity index (χ1v) is 12.9. The molecule has 2 aromatic carbocycles. The molecule has 0 aliphatic carbocycles. The lowest BCUT2D eigenvalue weighted by atomic mass is 9.96. The number of anilines is 1. The van der Waals surface area contributed by atoms with Gasteiger partial charge in [0.05, 0.1) is 22.1 Å². The van der Waals surface area contributed by atoms with Crippen molar-refractivity contribution in [1.82, 2.24) is 4.90 Å². The predicted octanol–water partition coefficient (Wildman–Crippen LogP) is 4.78. The number of rotatable bonds is 9. The van der Waals surface area contributed by atoms with E-state index in [0.29, 0.717) is 49.1 Å². The zero-order chi connectivity index (χ0) is 27.1. The number of aliphatic carboxylic acids is 1. The number of hydrogen-bond donors (Lipinski definition) is 1. The molecule has 2 heterocycles. The normalized spacial score (nSPS) is 13.8. The third-order valence-electron chi connectivity index (χ3n) is 6.22. The van der Waals surface area contributed by atoms with Crippen molar-refractivity contribution in [2.24, 2.45) is 0 Å². The molecule has 4 rings (SSSR count). The third kappa shape index (κ3) is 6.49. The third-order valence-corrected chi connectivity index (χ3v) is 7.27. The Labute approximate surface area is 224 Å². The van der Waals surface area contributed by atoms with Crippen LogP contribution in [-0.4, -0.2) is 53.0 Å². The van der Waals surface area contributed by atoms with Crippen molar-refractivity contribution in [2.75, 3.05) is 31.1 Å². The van der Waals surface area contributed by atoms with Crippen LogP contribution in [0.3, 0.4) is 0 Å². The van der Waals surface area contributed by atoms with Crippen molar-refractivity contribution in [3.8, 4) is 17.6 Å². The Morgan fingerprint density at radius 1 is 1.08 bits per heavy atom. The number of hydrogen-bond acceptors (Lipinski definition) is 7. The van der Waals surface area contributed by atoms with Gasteiger partial charge in [0.1, 0.15) is 18.0 Å². The molecule has 1 aliphatic rings. The number of amides is 1. The average Bonchev–Trinajstić information content (AvgIpc) is 3.40. The number of thiophene rings is 1. The van der Waals surface area contributed by atoms with Crippen LogP contribution < -0.4 is 9.64 Å². The molecule has 1 fully saturated rings. The summed E-state index contributed by atoms with van der Waals surface area (Å²) in [6.07, 6.45) is -0.0612. The van der Waals surface area contributed by atoms with Crippen molar-refractivity contribution in [1.29, 1.82) is 0 Å². The summed E-state index contributed by atoms with van der Waals surface area (Å²) in [5, 5.41) is 20.5. The number of nitrogens with zero attached hydrogens (tertiary/aromatic N) is 3. The standard InChI is InChI=1S/C28H27N3O6S/c1-2-5-21(18-27(32)33)20-8-10-22(11-9-20)37-19-23-12-13-26(38-23)28(34)30-16-14-29(15-17-30)24-6-3-4-7-25(24)31(35)36/h3-4,6-13,21H,14-19H2,1H3,(H,32,33). The van der Waals surface area contributed by atoms with Gasteiger partial charge in [-0.2, -0.15) is 0 Å². The van der Waals surface area contributed by atoms with E-state index < -0.39 is 5.97 Å². The Morgan fingerprint density at radius 3 is 2.45 bits per heavy atom. The van der Waals surface area contributed by atoms with Crippen LogP contribution in [0.25, 0.3) is 0 Å². The second-order valence-corrected chi connectivity index (χ2v) is 9.86. The van der Waals surface area contributed by atoms with E-state index in [0.717, 1.165) is 10.4 Å². The summed E-state index contributed by atoms with van der Waals surface area (Å²) in [6.45, 7) is 3.98. The number of benzene rings is 2. The lowest BCUT2D eigenvalue weighted by Crippen LogP contribution is -2.48. The molecule has 1 aromatic heterocycles. The zero-order valence-corrected chi connectivity index (χ0v) is 21.6. The number of carboxylic acid groups (broad SMARTS) is 1. The summed E-state index contributed by atoms with van der Waals surface area (Å²) in [7, 11) is 0. The molecule has 1 N–H and O–H groups in total. The van der Waals surface area contributed by atoms with E-state index in [1.54, 1.807) is 48.2 Å². The Kier molecular flexibility index (Phi) is 8.61. The Hall–Kier alpha value is -4.36. The van der Waals surface area contributed by atoms with Crippen molar-refractivity contribution >= 4 is 34.6 Å². The quantitative estimate of drug-likeness (QED) is 0.239. The summed E-state index contributed by atoms with van der Waals surface area (Å²) >= 11 is 1.38. The summed E-state index contributed by atoms with van der Waals surface area (Å²) in [4.78, 5) is 40.4. The van der Waals surface area contributed by atoms with Crippen LogP contribution in [0, 0.1) is 22.0 Å². The molecule has 3 aromatic rings. The van der Waals surface area contributed by atoms with Crippen molar-refractivity contribution < 1.29 is 24.4 Å². The van der Waals surface area contributed by atoms with Gasteiger partial charge in [-0.1, -0.05) is 30.2 Å². The molecule has 1 saturated heterocycles. The van der Waals surface area contributed by atoms with Crippen LogP contribution in [0.4, 0.5) is 11.4 Å². The minimum Gasteiger partial charge on any atom is -0.488 e. The highest BCUT2D eigenvalue weighted by atomic mass is 32.1. The van der Waals surface area contributed by atoms with Crippen LogP contribution >= 0.6 is 11.3 Å². The number of carboxylic acids is 1. The highest BCUT2D eigenvalue weighted by Crippen LogP contribution is 2.29. The number of piperazine rings is 1. The molecule has 1 amide bonds. The van der Waals surface area contributed by atoms with Gasteiger partial charge in [-0.25, -0.2) is 0 Å². The number of nitro groups is 1. The van der Waals surface area contributed by atoms with E-state index in [2.05, 4.69) is 11.8 Å². The fraction of sp³-hybridized carbons (Fsp3) is 0.286. The monoisotopic (exact) mass is 533 g/mol. The molecule has 38 heavy (non-hydrogen) atoms. The Balaban J connectivity index is 1.31. The van der Waals surface area contributed by atoms with Crippen molar-refractivity contribution in [3.63, 3.8) is 0 Å². The fourth-order valence-corrected chi connectivity index (χ4v) is 5.20. The first-order chi connectivity index (χ1) is 18.4. The number of carbonyl (C=O) groups is 2. The van der Waals surface area contributed by atoms with Crippen LogP contribution in [0.15, 0.2) is 60.7 Å². The first-order valence-electron chi connectivity index (χ1n) is 12.1. The molecule has 9 nitrogen and oxygen atoms in total. The molecular weight excluding hydrogens is 506 g/mol. The van der Waals surface area contributed by atoms with Gasteiger partial charge in [0.15, 0.2) is 0 Å². The smallest absolute Gasteiger partial charge is 0.304 e. The molecule has 1 unspecified atom stereocenters. The van der Waals surface area contributed by atoms with Gasteiger partial charge >= 0.3 is 5.97 Å². The molecule has 0 radical (unpaired) electrons. The minimum absolute atomic E-state index is 0.0608. The largest absolute Gasteiger partial charge is 0.488 e. The molecule has 196 valence electrons. The van der Waals surface area contributed by atoms with Crippen LogP contribution in [0.2, 0.25) is 0 Å². The maximum atomic E-state index is 13.1. The fourth-order valence-electron chi connectivity index (χ4n) is 4.31. The summed E-state index contributed by atoms with van der Waals surface area (Å²) in [6, 6.07) is 17.5. The average molecular weight is 534 g/mol. The molecule has 0 spiro atoms. The molecule has 1 atom stereocenters. The Morgan fingerprint density at radius 2 is 1.79 bits per heavy atom. The summed E-state index contributed by atoms with van der Waals surface area (Å²) < 4.78 is 5.87. The van der Waals surface area contributed by atoms with Gasteiger partial charge in [-0.15, -0.1) is 17.3 Å². The number of ether oxygens (including phenoxy) is 1. The second kappa shape index (κ2) is 12.3. The maximum Gasteiger partial charge on any atom is 0.304 e. The van der Waals surface area contributed by atoms with E-state index in [4.69, 9.17) is 9.84 Å². The predicted molar refractivity (Wildman–Crippen MR) is 145 cm³/mol. The van der Waals surface area contributed by atoms with Crippen LogP contribution in [-0.2, 0) is 11.4 Å². The molecule has 10 heteroatoms. The SMILES string of the molecule is CC#CC(CC(=O)O)c1ccc(OCc2ccc(C(=O)N3CCN(c4ccccc4[N+](=O)[O-])CC3)s2)cc1. The number of para-hydroxylation sites is 2. The van der Waals surface area contributed by atoms with Gasteiger partial charge in [0.2, 0.25) is 0 Å². The van der Waals surface area contributed by atoms with E-state index >= 15 is 0 Å². The van der Waals surface area contributed by atoms with E-state index in [-0.39, 0.29) is 28.9 Å². The molecular formula is C28H27N3O6S. The van der Waals surface area contributed by atoms with Gasteiger partial charge in [-0.3, -0.25) is 19.7 Å². The lowest BCUT2D eigenvalue weighted by Gasteiger charge is -2.35. The number of carbonyl (C=O) groups excluding carboxylic acids is 1. The van der Waals surface area contributed by atoms with E-state index in [9.17, 15) is 19.7 Å². The maximum absolute atomic E-state index is 13.1. The van der Waals surface area contributed by atoms with Crippen LogP contribution in [0.1, 0.15) is 39.4 Å². The molecule has 1 aliphatic heterocycles. The van der Waals surface area contributed by atoms with Gasteiger partial charge in [0.25, 0.3) is 11.6 Å². The topological polar surface area (TPSA) is 113 Å². The van der Waals surface area contributed by atoms with Gasteiger partial charge in [-0.05, 0) is 42.8 Å². The molecule has 0 bridgehead atoms. The van der Waals surface area contributed by atoms with E-state index in [1.807, 2.05) is 23.1 Å². The lowest BCUT2D eigenvalue weighted by molar-refractivity contribution is -0.384. The van der Waals surface area contributed by atoms with Crippen molar-refractivity contribution in [3.05, 3.63) is 86.1 Å². The molecule has 0 saturated carbocycles. The summed E-state index contributed by atoms with van der Waals surface area (Å²) in [5.41, 5.74) is 1.46. The van der Waals surface area contributed by atoms with E-state index in [1.165, 1.54) is 17.4 Å². The van der Waals surface area contributed by atoms with Crippen LogP contribution in [0.5, 0.6) is 5.75 Å². The highest BCUT2D eigenvalue weighted by molar-refractivity contribution is 7.14. The summed E-state index contributed by atoms with van der Waals surface area (Å²) in [5.74, 6) is 5.02. The Bertz CT molecular complexity index is 1370. The highest BCUT2D eigenvalue weighted by Gasteiger charge is 2.26. The minimum atomic E-state index is -0.900. The second-order valence-electron chi connectivity index (χ2n) is 8.69. The van der Waals surface area contributed by atoms with Gasteiger partial charge in [0, 0.05) is 37.1 Å². The van der Waals surface area contributed by atoms with Gasteiger partial charge < -0.3 is 19.6 Å².